The van der Waals surface area contributed by atoms with Crippen LogP contribution in [0.4, 0.5) is 0 Å². The van der Waals surface area contributed by atoms with Crippen LogP contribution >= 0.6 is 23.1 Å². The number of esters is 1. The number of amides is 1. The normalized spacial score (nSPS) is 12.8. The number of unbranched alkanes of at least 4 members (excludes halogenated alkanes) is 17. The molecule has 2 atom stereocenters. The predicted molar refractivity (Wildman–Crippen MR) is 185 cm³/mol. The lowest BCUT2D eigenvalue weighted by Gasteiger charge is -2.17. The van der Waals surface area contributed by atoms with Crippen molar-refractivity contribution < 1.29 is 14.3 Å². The van der Waals surface area contributed by atoms with Crippen molar-refractivity contribution in [2.45, 2.75) is 165 Å². The molecule has 0 fully saturated rings. The number of thioether (sulfide) groups is 1. The second-order valence-corrected chi connectivity index (χ2v) is 14.4. The number of ether oxygens (including phenoxy) is 1. The summed E-state index contributed by atoms with van der Waals surface area (Å²) in [6.45, 7) is 5.12. The molecular weight excluding hydrogens is 575 g/mol. The number of nitrogens with one attached hydrogen (secondary N) is 1. The molecule has 1 aromatic heterocycles. The first-order valence-corrected chi connectivity index (χ1v) is 19.0. The van der Waals surface area contributed by atoms with Gasteiger partial charge in [-0.05, 0) is 31.4 Å². The Morgan fingerprint density at radius 2 is 1.35 bits per heavy atom. The van der Waals surface area contributed by atoms with Crippen molar-refractivity contribution in [1.29, 1.82) is 0 Å². The average Bonchev–Trinajstić information content (AvgIpc) is 3.41. The minimum atomic E-state index is -0.625. The average molecular weight is 634 g/mol. The van der Waals surface area contributed by atoms with E-state index in [4.69, 9.17) is 10.5 Å². The molecule has 2 rings (SSSR count). The number of hydrogen-bond acceptors (Lipinski definition) is 7. The van der Waals surface area contributed by atoms with Gasteiger partial charge in [0.25, 0.3) is 0 Å². The van der Waals surface area contributed by atoms with Gasteiger partial charge in [-0.2, -0.15) is 0 Å². The summed E-state index contributed by atoms with van der Waals surface area (Å²) in [5.41, 5.74) is 7.05. The van der Waals surface area contributed by atoms with Crippen LogP contribution in [-0.2, 0) is 14.3 Å². The third-order valence-electron chi connectivity index (χ3n) is 7.87. The van der Waals surface area contributed by atoms with Crippen LogP contribution in [0.2, 0.25) is 0 Å². The largest absolute Gasteiger partial charge is 0.447 e. The van der Waals surface area contributed by atoms with Crippen molar-refractivity contribution in [3.05, 3.63) is 24.3 Å². The summed E-state index contributed by atoms with van der Waals surface area (Å²) in [6.07, 6.45) is 23.6. The summed E-state index contributed by atoms with van der Waals surface area (Å²) in [6, 6.07) is 7.94. The lowest BCUT2D eigenvalue weighted by Crippen LogP contribution is -2.36. The van der Waals surface area contributed by atoms with E-state index < -0.39 is 17.4 Å². The van der Waals surface area contributed by atoms with E-state index in [2.05, 4.69) is 24.1 Å². The molecule has 0 radical (unpaired) electrons. The molecule has 0 bridgehead atoms. The molecule has 0 aliphatic carbocycles. The zero-order valence-corrected chi connectivity index (χ0v) is 28.7. The minimum absolute atomic E-state index is 0.0179. The van der Waals surface area contributed by atoms with Crippen molar-refractivity contribution >= 4 is 45.2 Å². The Hall–Kier alpha value is -1.64. The lowest BCUT2D eigenvalue weighted by atomic mass is 10.1. The Labute approximate surface area is 270 Å². The molecule has 43 heavy (non-hydrogen) atoms. The molecule has 2 unspecified atom stereocenters. The molecule has 6 nitrogen and oxygen atoms in total. The van der Waals surface area contributed by atoms with Crippen LogP contribution in [0.1, 0.15) is 149 Å². The van der Waals surface area contributed by atoms with Gasteiger partial charge >= 0.3 is 5.97 Å². The van der Waals surface area contributed by atoms with Gasteiger partial charge < -0.3 is 10.1 Å². The van der Waals surface area contributed by atoms with Gasteiger partial charge in [-0.3, -0.25) is 15.3 Å². The number of aromatic nitrogens is 1. The molecule has 1 aromatic carbocycles. The molecule has 3 N–H and O–H groups in total. The van der Waals surface area contributed by atoms with Crippen LogP contribution in [-0.4, -0.2) is 34.9 Å². The highest BCUT2D eigenvalue weighted by atomic mass is 32.2. The van der Waals surface area contributed by atoms with Gasteiger partial charge in [0.05, 0.1) is 16.6 Å². The standard InChI is InChI=1S/C35H59N3O3S2/c1-3-5-7-9-11-13-15-17-19-23-27-37-34(40)31(43-35-38-29-24-21-22-25-30(29)42-35)28-33(39)41-32(36)26-20-18-16-14-12-10-8-6-4-2/h21-22,24-25,31-32H,3-20,23,26-28,36H2,1-2H3,(H,37,40). The first kappa shape index (κ1) is 37.5. The molecule has 0 aliphatic heterocycles. The van der Waals surface area contributed by atoms with Gasteiger partial charge in [-0.25, -0.2) is 4.98 Å². The molecule has 0 spiro atoms. The highest BCUT2D eigenvalue weighted by Gasteiger charge is 2.26. The number of fused-ring (bicyclic) bond motifs is 1. The van der Waals surface area contributed by atoms with Gasteiger partial charge in [0, 0.05) is 6.54 Å². The van der Waals surface area contributed by atoms with Crippen LogP contribution in [0.25, 0.3) is 10.2 Å². The number of carbonyl (C=O) groups excluding carboxylic acids is 2. The fourth-order valence-corrected chi connectivity index (χ4v) is 7.54. The van der Waals surface area contributed by atoms with Crippen LogP contribution in [0.5, 0.6) is 0 Å². The third-order valence-corrected chi connectivity index (χ3v) is 10.2. The number of benzene rings is 1. The molecular formula is C35H59N3O3S2. The molecule has 8 heteroatoms. The van der Waals surface area contributed by atoms with Crippen molar-refractivity contribution in [1.82, 2.24) is 10.3 Å². The molecule has 0 aliphatic rings. The summed E-state index contributed by atoms with van der Waals surface area (Å²) in [4.78, 5) is 30.7. The van der Waals surface area contributed by atoms with E-state index >= 15 is 0 Å². The van der Waals surface area contributed by atoms with E-state index in [0.717, 1.165) is 40.2 Å². The third kappa shape index (κ3) is 18.1. The molecule has 1 heterocycles. The Balaban J connectivity index is 1.73. The predicted octanol–water partition coefficient (Wildman–Crippen LogP) is 9.93. The molecule has 0 saturated heterocycles. The number of nitrogens with zero attached hydrogens (tertiary/aromatic N) is 1. The van der Waals surface area contributed by atoms with Crippen molar-refractivity contribution in [2.24, 2.45) is 5.73 Å². The quantitative estimate of drug-likeness (QED) is 0.0440. The highest BCUT2D eigenvalue weighted by Crippen LogP contribution is 2.33. The summed E-state index contributed by atoms with van der Waals surface area (Å²) in [5.74, 6) is -0.555. The first-order valence-electron chi connectivity index (χ1n) is 17.3. The van der Waals surface area contributed by atoms with Crippen molar-refractivity contribution in [3.8, 4) is 0 Å². The van der Waals surface area contributed by atoms with E-state index in [0.29, 0.717) is 13.0 Å². The maximum Gasteiger partial charge on any atom is 0.309 e. The molecule has 1 amide bonds. The van der Waals surface area contributed by atoms with E-state index in [9.17, 15) is 9.59 Å². The van der Waals surface area contributed by atoms with Crippen molar-refractivity contribution in [3.63, 3.8) is 0 Å². The summed E-state index contributed by atoms with van der Waals surface area (Å²) >= 11 is 2.90. The van der Waals surface area contributed by atoms with Gasteiger partial charge in [0.1, 0.15) is 5.25 Å². The smallest absolute Gasteiger partial charge is 0.309 e. The summed E-state index contributed by atoms with van der Waals surface area (Å²) in [7, 11) is 0. The monoisotopic (exact) mass is 633 g/mol. The van der Waals surface area contributed by atoms with E-state index in [1.165, 1.54) is 108 Å². The Bertz CT molecular complexity index is 967. The van der Waals surface area contributed by atoms with Crippen LogP contribution in [0, 0.1) is 0 Å². The van der Waals surface area contributed by atoms with E-state index in [1.807, 2.05) is 24.3 Å². The van der Waals surface area contributed by atoms with Crippen LogP contribution < -0.4 is 11.1 Å². The maximum atomic E-state index is 13.2. The lowest BCUT2D eigenvalue weighted by molar-refractivity contribution is -0.150. The second kappa shape index (κ2) is 24.7. The van der Waals surface area contributed by atoms with E-state index in [-0.39, 0.29) is 12.3 Å². The van der Waals surface area contributed by atoms with Crippen LogP contribution in [0.15, 0.2) is 28.6 Å². The zero-order valence-electron chi connectivity index (χ0n) is 27.1. The zero-order chi connectivity index (χ0) is 31.0. The number of para-hydroxylation sites is 1. The van der Waals surface area contributed by atoms with Crippen molar-refractivity contribution in [2.75, 3.05) is 6.54 Å². The Morgan fingerprint density at radius 3 is 1.93 bits per heavy atom. The van der Waals surface area contributed by atoms with E-state index in [1.54, 1.807) is 11.3 Å². The van der Waals surface area contributed by atoms with Gasteiger partial charge in [0.15, 0.2) is 10.6 Å². The van der Waals surface area contributed by atoms with Gasteiger partial charge in [0.2, 0.25) is 5.91 Å². The number of hydrogen-bond donors (Lipinski definition) is 2. The minimum Gasteiger partial charge on any atom is -0.447 e. The summed E-state index contributed by atoms with van der Waals surface area (Å²) < 4.78 is 7.39. The number of carbonyl (C=O) groups is 2. The number of rotatable bonds is 27. The number of thiazole rings is 1. The van der Waals surface area contributed by atoms with Gasteiger partial charge in [-0.15, -0.1) is 11.3 Å². The molecule has 244 valence electrons. The molecule has 0 saturated carbocycles. The Morgan fingerprint density at radius 1 is 0.814 bits per heavy atom. The first-order chi connectivity index (χ1) is 21.0. The van der Waals surface area contributed by atoms with Gasteiger partial charge in [-0.1, -0.05) is 147 Å². The topological polar surface area (TPSA) is 94.3 Å². The second-order valence-electron chi connectivity index (χ2n) is 11.9. The fourth-order valence-electron chi connectivity index (χ4n) is 5.23. The number of nitrogens with two attached hydrogens (primary N) is 1. The molecule has 2 aromatic rings. The maximum absolute atomic E-state index is 13.2. The Kier molecular flexibility index (Phi) is 21.5. The SMILES string of the molecule is CCCCCCCCCCCCNC(=O)C(CC(=O)OC(N)CCCCCCCCCCC)Sc1nc2ccccc2s1. The fraction of sp³-hybridized carbons (Fsp3) is 0.743. The highest BCUT2D eigenvalue weighted by molar-refractivity contribution is 8.02. The summed E-state index contributed by atoms with van der Waals surface area (Å²) in [5, 5.41) is 2.47. The van der Waals surface area contributed by atoms with Crippen LogP contribution in [0.3, 0.4) is 0 Å².